The Morgan fingerprint density at radius 1 is 1.00 bits per heavy atom. The van der Waals surface area contributed by atoms with Crippen LogP contribution in [-0.4, -0.2) is 29.5 Å². The molecule has 0 amide bonds. The van der Waals surface area contributed by atoms with Crippen LogP contribution < -0.4 is 0 Å². The van der Waals surface area contributed by atoms with Crippen LogP contribution in [-0.2, 0) is 6.42 Å². The van der Waals surface area contributed by atoms with Crippen LogP contribution in [0.15, 0.2) is 24.4 Å². The Morgan fingerprint density at radius 2 is 1.82 bits per heavy atom. The molecule has 4 rings (SSSR count). The Labute approximate surface area is 133 Å². The number of benzene rings is 1. The molecule has 1 aromatic heterocycles. The minimum absolute atomic E-state index is 0.805. The lowest BCUT2D eigenvalue weighted by atomic mass is 9.83. The quantitative estimate of drug-likeness (QED) is 0.854. The molecule has 2 nitrogen and oxygen atoms in total. The van der Waals surface area contributed by atoms with Crippen molar-refractivity contribution in [3.63, 3.8) is 0 Å². The Kier molecular flexibility index (Phi) is 4.20. The molecule has 22 heavy (non-hydrogen) atoms. The van der Waals surface area contributed by atoms with Crippen LogP contribution >= 0.6 is 0 Å². The molecular weight excluding hydrogens is 268 g/mol. The second kappa shape index (κ2) is 6.45. The molecule has 1 saturated heterocycles. The molecule has 2 heterocycles. The zero-order valence-electron chi connectivity index (χ0n) is 13.6. The van der Waals surface area contributed by atoms with E-state index in [1.165, 1.54) is 87.5 Å². The van der Waals surface area contributed by atoms with E-state index in [2.05, 4.69) is 34.3 Å². The summed E-state index contributed by atoms with van der Waals surface area (Å²) in [4.78, 5) is 6.09. The number of hydrogen-bond acceptors (Lipinski definition) is 1. The second-order valence-corrected chi connectivity index (χ2v) is 7.25. The highest BCUT2D eigenvalue weighted by Gasteiger charge is 2.17. The standard InChI is InChI=1S/C20H28N2/c1-2-6-16(7-3-1)17-8-9-20-19(14-17)18(15-21-20)10-13-22-11-4-5-12-22/h8-9,14-16,21H,1-7,10-13H2. The summed E-state index contributed by atoms with van der Waals surface area (Å²) < 4.78 is 0. The molecule has 2 fully saturated rings. The van der Waals surface area contributed by atoms with Crippen LogP contribution in [0, 0.1) is 0 Å². The van der Waals surface area contributed by atoms with E-state index < -0.39 is 0 Å². The van der Waals surface area contributed by atoms with E-state index in [0.29, 0.717) is 0 Å². The Balaban J connectivity index is 1.53. The molecule has 1 saturated carbocycles. The van der Waals surface area contributed by atoms with Crippen molar-refractivity contribution in [2.45, 2.75) is 57.3 Å². The first kappa shape index (κ1) is 14.3. The van der Waals surface area contributed by atoms with Gasteiger partial charge in [-0.3, -0.25) is 0 Å². The number of H-pyrrole nitrogens is 1. The summed E-state index contributed by atoms with van der Waals surface area (Å²) >= 11 is 0. The highest BCUT2D eigenvalue weighted by molar-refractivity contribution is 5.84. The van der Waals surface area contributed by atoms with Crippen LogP contribution in [0.3, 0.4) is 0 Å². The largest absolute Gasteiger partial charge is 0.361 e. The van der Waals surface area contributed by atoms with E-state index in [0.717, 1.165) is 5.92 Å². The summed E-state index contributed by atoms with van der Waals surface area (Å²) in [6, 6.07) is 7.15. The van der Waals surface area contributed by atoms with Gasteiger partial charge in [0.15, 0.2) is 0 Å². The molecule has 0 radical (unpaired) electrons. The topological polar surface area (TPSA) is 19.0 Å². The lowest BCUT2D eigenvalue weighted by molar-refractivity contribution is 0.344. The first-order valence-corrected chi connectivity index (χ1v) is 9.22. The summed E-state index contributed by atoms with van der Waals surface area (Å²) in [5.41, 5.74) is 4.41. The Bertz CT molecular complexity index is 616. The third-order valence-corrected chi connectivity index (χ3v) is 5.76. The molecule has 0 atom stereocenters. The smallest absolute Gasteiger partial charge is 0.0456 e. The molecule has 1 N–H and O–H groups in total. The first-order valence-electron chi connectivity index (χ1n) is 9.22. The summed E-state index contributed by atoms with van der Waals surface area (Å²) in [5, 5.41) is 1.47. The summed E-state index contributed by atoms with van der Waals surface area (Å²) in [7, 11) is 0. The fourth-order valence-corrected chi connectivity index (χ4v) is 4.38. The van der Waals surface area contributed by atoms with E-state index in [9.17, 15) is 0 Å². The van der Waals surface area contributed by atoms with E-state index in [-0.39, 0.29) is 0 Å². The third kappa shape index (κ3) is 2.94. The van der Waals surface area contributed by atoms with Gasteiger partial charge in [0.05, 0.1) is 0 Å². The van der Waals surface area contributed by atoms with Crippen molar-refractivity contribution in [2.75, 3.05) is 19.6 Å². The van der Waals surface area contributed by atoms with Crippen LogP contribution in [0.4, 0.5) is 0 Å². The predicted octanol–water partition coefficient (Wildman–Crippen LogP) is 4.85. The van der Waals surface area contributed by atoms with Crippen molar-refractivity contribution < 1.29 is 0 Å². The van der Waals surface area contributed by atoms with Crippen LogP contribution in [0.1, 0.15) is 62.0 Å². The average Bonchev–Trinajstić information content (AvgIpc) is 3.23. The fourth-order valence-electron chi connectivity index (χ4n) is 4.38. The van der Waals surface area contributed by atoms with Gasteiger partial charge in [-0.1, -0.05) is 25.3 Å². The molecular formula is C20H28N2. The lowest BCUT2D eigenvalue weighted by Crippen LogP contribution is -2.21. The fraction of sp³-hybridized carbons (Fsp3) is 0.600. The minimum Gasteiger partial charge on any atom is -0.361 e. The van der Waals surface area contributed by atoms with Crippen LogP contribution in [0.5, 0.6) is 0 Å². The zero-order valence-corrected chi connectivity index (χ0v) is 13.6. The van der Waals surface area contributed by atoms with E-state index in [1.807, 2.05) is 0 Å². The normalized spacial score (nSPS) is 20.9. The van der Waals surface area contributed by atoms with Crippen molar-refractivity contribution >= 4 is 10.9 Å². The highest BCUT2D eigenvalue weighted by Crippen LogP contribution is 2.34. The van der Waals surface area contributed by atoms with Crippen LogP contribution in [0.2, 0.25) is 0 Å². The maximum atomic E-state index is 3.48. The van der Waals surface area contributed by atoms with Crippen molar-refractivity contribution in [1.29, 1.82) is 0 Å². The summed E-state index contributed by atoms with van der Waals surface area (Å²) in [6.07, 6.45) is 13.2. The Morgan fingerprint density at radius 3 is 2.64 bits per heavy atom. The number of nitrogens with one attached hydrogen (secondary N) is 1. The lowest BCUT2D eigenvalue weighted by Gasteiger charge is -2.22. The minimum atomic E-state index is 0.805. The summed E-state index contributed by atoms with van der Waals surface area (Å²) in [6.45, 7) is 3.83. The third-order valence-electron chi connectivity index (χ3n) is 5.76. The molecule has 0 bridgehead atoms. The second-order valence-electron chi connectivity index (χ2n) is 7.25. The molecule has 1 aromatic carbocycles. The number of aromatic amines is 1. The van der Waals surface area contributed by atoms with Crippen molar-refractivity contribution in [1.82, 2.24) is 9.88 Å². The first-order chi connectivity index (χ1) is 10.9. The van der Waals surface area contributed by atoms with Crippen LogP contribution in [0.25, 0.3) is 10.9 Å². The van der Waals surface area contributed by atoms with Gasteiger partial charge in [0.1, 0.15) is 0 Å². The molecule has 0 spiro atoms. The maximum absolute atomic E-state index is 3.48. The van der Waals surface area contributed by atoms with Crippen molar-refractivity contribution in [3.05, 3.63) is 35.5 Å². The molecule has 2 aromatic rings. The van der Waals surface area contributed by atoms with Crippen molar-refractivity contribution in [2.24, 2.45) is 0 Å². The maximum Gasteiger partial charge on any atom is 0.0456 e. The van der Waals surface area contributed by atoms with Gasteiger partial charge in [-0.05, 0) is 74.4 Å². The molecule has 118 valence electrons. The van der Waals surface area contributed by atoms with Gasteiger partial charge in [0.2, 0.25) is 0 Å². The molecule has 1 aliphatic carbocycles. The van der Waals surface area contributed by atoms with Gasteiger partial charge in [0, 0.05) is 23.6 Å². The van der Waals surface area contributed by atoms with Crippen molar-refractivity contribution in [3.8, 4) is 0 Å². The van der Waals surface area contributed by atoms with E-state index >= 15 is 0 Å². The number of likely N-dealkylation sites (tertiary alicyclic amines) is 1. The Hall–Kier alpha value is -1.28. The molecule has 2 aliphatic rings. The van der Waals surface area contributed by atoms with Gasteiger partial charge in [-0.2, -0.15) is 0 Å². The highest BCUT2D eigenvalue weighted by atomic mass is 15.1. The molecule has 2 heteroatoms. The predicted molar refractivity (Wildman–Crippen MR) is 93.5 cm³/mol. The number of fused-ring (bicyclic) bond motifs is 1. The molecule has 0 unspecified atom stereocenters. The number of nitrogens with zero attached hydrogens (tertiary/aromatic N) is 1. The summed E-state index contributed by atoms with van der Waals surface area (Å²) in [5.74, 6) is 0.805. The number of aromatic nitrogens is 1. The number of rotatable bonds is 4. The van der Waals surface area contributed by atoms with E-state index in [4.69, 9.17) is 0 Å². The van der Waals surface area contributed by atoms with Gasteiger partial charge in [-0.25, -0.2) is 0 Å². The SMILES string of the molecule is c1cc2[nH]cc(CCN3CCCC3)c2cc1C1CCCCC1. The zero-order chi connectivity index (χ0) is 14.8. The molecule has 1 aliphatic heterocycles. The monoisotopic (exact) mass is 296 g/mol. The number of hydrogen-bond donors (Lipinski definition) is 1. The average molecular weight is 296 g/mol. The van der Waals surface area contributed by atoms with Gasteiger partial charge in [-0.15, -0.1) is 0 Å². The van der Waals surface area contributed by atoms with Gasteiger partial charge in [0.25, 0.3) is 0 Å². The van der Waals surface area contributed by atoms with Gasteiger partial charge >= 0.3 is 0 Å². The van der Waals surface area contributed by atoms with E-state index in [1.54, 1.807) is 5.56 Å². The van der Waals surface area contributed by atoms with Gasteiger partial charge < -0.3 is 9.88 Å².